The number of aliphatic imine (C=N–C) groups is 1. The third kappa shape index (κ3) is 3.00. The zero-order valence-electron chi connectivity index (χ0n) is 13.7. The average molecular weight is 363 g/mol. The molecule has 0 saturated carbocycles. The van der Waals surface area contributed by atoms with E-state index in [4.69, 9.17) is 4.74 Å². The van der Waals surface area contributed by atoms with Gasteiger partial charge in [-0.3, -0.25) is 14.9 Å². The number of benzene rings is 1. The second-order valence-corrected chi connectivity index (χ2v) is 6.66. The lowest BCUT2D eigenvalue weighted by Gasteiger charge is -2.42. The zero-order valence-corrected chi connectivity index (χ0v) is 14.5. The van der Waals surface area contributed by atoms with Crippen LogP contribution in [0.3, 0.4) is 0 Å². The maximum Gasteiger partial charge on any atom is 0.316 e. The summed E-state index contributed by atoms with van der Waals surface area (Å²) in [6.07, 6.45) is 1.70. The molecule has 0 spiro atoms. The van der Waals surface area contributed by atoms with E-state index in [-0.39, 0.29) is 12.3 Å². The highest BCUT2D eigenvalue weighted by Crippen LogP contribution is 2.47. The van der Waals surface area contributed by atoms with Crippen LogP contribution in [0.15, 0.2) is 40.9 Å². The van der Waals surface area contributed by atoms with Crippen molar-refractivity contribution >= 4 is 28.6 Å². The van der Waals surface area contributed by atoms with Gasteiger partial charge in [-0.05, 0) is 19.3 Å². The number of rotatable bonds is 4. The maximum absolute atomic E-state index is 12.6. The van der Waals surface area contributed by atoms with Crippen molar-refractivity contribution in [1.82, 2.24) is 4.90 Å². The molecule has 0 amide bonds. The molecule has 3 rings (SSSR count). The van der Waals surface area contributed by atoms with Crippen LogP contribution in [0.1, 0.15) is 25.5 Å². The van der Waals surface area contributed by atoms with Gasteiger partial charge in [0, 0.05) is 12.3 Å². The van der Waals surface area contributed by atoms with E-state index in [1.807, 2.05) is 0 Å². The van der Waals surface area contributed by atoms with Crippen molar-refractivity contribution in [3.05, 3.63) is 51.6 Å². The molecule has 0 aromatic heterocycles. The van der Waals surface area contributed by atoms with E-state index in [0.717, 1.165) is 0 Å². The monoisotopic (exact) mass is 363 g/mol. The van der Waals surface area contributed by atoms with Crippen LogP contribution in [-0.2, 0) is 9.53 Å². The smallest absolute Gasteiger partial charge is 0.316 e. The quantitative estimate of drug-likeness (QED) is 0.497. The number of amidine groups is 1. The Morgan fingerprint density at radius 3 is 2.92 bits per heavy atom. The Kier molecular flexibility index (Phi) is 4.53. The number of carbonyl (C=O) groups is 1. The van der Waals surface area contributed by atoms with E-state index in [1.54, 1.807) is 41.6 Å². The number of nitrogens with zero attached hydrogens (tertiary/aromatic N) is 3. The van der Waals surface area contributed by atoms with Crippen LogP contribution < -0.4 is 0 Å². The van der Waals surface area contributed by atoms with Gasteiger partial charge in [-0.2, -0.15) is 0 Å². The molecule has 0 radical (unpaired) electrons. The van der Waals surface area contributed by atoms with Crippen molar-refractivity contribution in [2.24, 2.45) is 10.9 Å². The maximum atomic E-state index is 12.6. The number of ether oxygens (including phenoxy) is 1. The zero-order chi connectivity index (χ0) is 18.2. The first-order valence-corrected chi connectivity index (χ1v) is 8.58. The van der Waals surface area contributed by atoms with Crippen molar-refractivity contribution < 1.29 is 19.6 Å². The lowest BCUT2D eigenvalue weighted by atomic mass is 9.82. The summed E-state index contributed by atoms with van der Waals surface area (Å²) in [5.74, 6) is -1.76. The van der Waals surface area contributed by atoms with Gasteiger partial charge in [-0.15, -0.1) is 0 Å². The van der Waals surface area contributed by atoms with Crippen molar-refractivity contribution in [3.8, 4) is 0 Å². The molecule has 0 saturated heterocycles. The molecule has 1 N–H and O–H groups in total. The number of nitro benzene ring substituents is 1. The summed E-state index contributed by atoms with van der Waals surface area (Å²) in [6.45, 7) is 3.21. The van der Waals surface area contributed by atoms with Gasteiger partial charge in [-0.1, -0.05) is 30.0 Å². The Labute approximate surface area is 148 Å². The third-order valence-electron chi connectivity index (χ3n) is 4.14. The summed E-state index contributed by atoms with van der Waals surface area (Å²) in [6, 6.07) is 5.40. The predicted octanol–water partition coefficient (Wildman–Crippen LogP) is 2.41. The molecule has 25 heavy (non-hydrogen) atoms. The molecule has 3 unspecified atom stereocenters. The van der Waals surface area contributed by atoms with Crippen molar-refractivity contribution in [2.75, 3.05) is 6.61 Å². The predicted molar refractivity (Wildman–Crippen MR) is 92.6 cm³/mol. The molecule has 2 aliphatic heterocycles. The molecular weight excluding hydrogens is 346 g/mol. The first kappa shape index (κ1) is 17.4. The van der Waals surface area contributed by atoms with Crippen molar-refractivity contribution in [3.63, 3.8) is 0 Å². The fourth-order valence-electron chi connectivity index (χ4n) is 3.12. The highest BCUT2D eigenvalue weighted by molar-refractivity contribution is 8.16. The van der Waals surface area contributed by atoms with Gasteiger partial charge in [0.15, 0.2) is 10.9 Å². The fraction of sp³-hybridized carbons (Fsp3) is 0.375. The molecule has 132 valence electrons. The summed E-state index contributed by atoms with van der Waals surface area (Å²) >= 11 is 1.28. The molecule has 0 fully saturated rings. The Hall–Kier alpha value is -2.39. The Morgan fingerprint density at radius 1 is 1.52 bits per heavy atom. The standard InChI is InChI=1S/C16H17N3O5S/c1-3-24-14(20)12-13(10-6-4-5-7-11(10)19(22)23)18-8-9-25-15(18)17-16(12,2)21/h4-9,12-13,21H,3H2,1-2H3. The summed E-state index contributed by atoms with van der Waals surface area (Å²) in [4.78, 5) is 29.5. The molecule has 2 aliphatic rings. The molecule has 1 aromatic carbocycles. The normalized spacial score (nSPS) is 27.6. The van der Waals surface area contributed by atoms with Gasteiger partial charge >= 0.3 is 5.97 Å². The van der Waals surface area contributed by atoms with E-state index < -0.39 is 28.6 Å². The molecule has 0 aliphatic carbocycles. The topological polar surface area (TPSA) is 105 Å². The number of aliphatic hydroxyl groups is 1. The number of thioether (sulfide) groups is 1. The van der Waals surface area contributed by atoms with Crippen LogP contribution in [0.25, 0.3) is 0 Å². The number of hydrogen-bond acceptors (Lipinski definition) is 8. The van der Waals surface area contributed by atoms with Crippen LogP contribution in [0.4, 0.5) is 5.69 Å². The summed E-state index contributed by atoms with van der Waals surface area (Å²) in [7, 11) is 0. The highest BCUT2D eigenvalue weighted by Gasteiger charge is 2.53. The number of para-hydroxylation sites is 1. The molecule has 8 nitrogen and oxygen atoms in total. The Bertz CT molecular complexity index is 777. The number of carbonyl (C=O) groups excluding carboxylic acids is 1. The lowest BCUT2D eigenvalue weighted by molar-refractivity contribution is -0.386. The van der Waals surface area contributed by atoms with E-state index in [1.165, 1.54) is 24.8 Å². The van der Waals surface area contributed by atoms with Crippen LogP contribution in [0, 0.1) is 16.0 Å². The fourth-order valence-corrected chi connectivity index (χ4v) is 3.96. The molecule has 9 heteroatoms. The summed E-state index contributed by atoms with van der Waals surface area (Å²) < 4.78 is 5.12. The largest absolute Gasteiger partial charge is 0.466 e. The lowest BCUT2D eigenvalue weighted by Crippen LogP contribution is -2.52. The van der Waals surface area contributed by atoms with E-state index in [0.29, 0.717) is 10.7 Å². The first-order chi connectivity index (χ1) is 11.9. The first-order valence-electron chi connectivity index (χ1n) is 7.70. The second-order valence-electron chi connectivity index (χ2n) is 5.79. The minimum absolute atomic E-state index is 0.121. The van der Waals surface area contributed by atoms with Gasteiger partial charge in [-0.25, -0.2) is 4.99 Å². The molecular formula is C16H17N3O5S. The number of fused-ring (bicyclic) bond motifs is 1. The van der Waals surface area contributed by atoms with Crippen LogP contribution in [0.2, 0.25) is 0 Å². The van der Waals surface area contributed by atoms with E-state index in [9.17, 15) is 20.0 Å². The molecule has 1 aromatic rings. The summed E-state index contributed by atoms with van der Waals surface area (Å²) in [5.41, 5.74) is -1.54. The number of nitro groups is 1. The van der Waals surface area contributed by atoms with E-state index in [2.05, 4.69) is 4.99 Å². The third-order valence-corrected chi connectivity index (χ3v) is 4.91. The van der Waals surface area contributed by atoms with Gasteiger partial charge in [0.2, 0.25) is 0 Å². The second kappa shape index (κ2) is 6.49. The highest BCUT2D eigenvalue weighted by atomic mass is 32.2. The molecule has 0 bridgehead atoms. The molecule has 3 atom stereocenters. The molecule has 2 heterocycles. The number of hydrogen-bond donors (Lipinski definition) is 1. The summed E-state index contributed by atoms with van der Waals surface area (Å²) in [5, 5.41) is 24.5. The van der Waals surface area contributed by atoms with Gasteiger partial charge in [0.1, 0.15) is 5.92 Å². The minimum atomic E-state index is -1.74. The van der Waals surface area contributed by atoms with E-state index >= 15 is 0 Å². The van der Waals surface area contributed by atoms with Gasteiger partial charge in [0.05, 0.1) is 23.1 Å². The minimum Gasteiger partial charge on any atom is -0.466 e. The van der Waals surface area contributed by atoms with Crippen LogP contribution in [0.5, 0.6) is 0 Å². The Morgan fingerprint density at radius 2 is 2.24 bits per heavy atom. The van der Waals surface area contributed by atoms with Crippen molar-refractivity contribution in [2.45, 2.75) is 25.6 Å². The van der Waals surface area contributed by atoms with Crippen molar-refractivity contribution in [1.29, 1.82) is 0 Å². The van der Waals surface area contributed by atoms with Crippen LogP contribution in [-0.4, -0.2) is 38.4 Å². The van der Waals surface area contributed by atoms with Gasteiger partial charge in [0.25, 0.3) is 5.69 Å². The van der Waals surface area contributed by atoms with Crippen LogP contribution >= 0.6 is 11.8 Å². The average Bonchev–Trinajstić information content (AvgIpc) is 3.00. The number of esters is 1. The SMILES string of the molecule is CCOC(=O)C1C(c2ccccc2[N+](=O)[O-])N2C=CSC2=NC1(C)O. The van der Waals surface area contributed by atoms with Gasteiger partial charge < -0.3 is 14.7 Å². The Balaban J connectivity index is 2.19.